The largest absolute Gasteiger partial charge is 0.408 e. The van der Waals surface area contributed by atoms with Gasteiger partial charge in [-0.2, -0.15) is 18.3 Å². The average Bonchev–Trinajstić information content (AvgIpc) is 2.34. The summed E-state index contributed by atoms with van der Waals surface area (Å²) >= 11 is 5.89. The van der Waals surface area contributed by atoms with E-state index in [1.807, 2.05) is 0 Å². The van der Waals surface area contributed by atoms with Gasteiger partial charge in [-0.15, -0.1) is 0 Å². The number of halogens is 4. The van der Waals surface area contributed by atoms with Crippen LogP contribution in [0.5, 0.6) is 0 Å². The van der Waals surface area contributed by atoms with Gasteiger partial charge in [0.25, 0.3) is 5.56 Å². The summed E-state index contributed by atoms with van der Waals surface area (Å²) in [5.74, 6) is 0. The summed E-state index contributed by atoms with van der Waals surface area (Å²) < 4.78 is 37.2. The van der Waals surface area contributed by atoms with E-state index in [1.165, 1.54) is 6.20 Å². The summed E-state index contributed by atoms with van der Waals surface area (Å²) in [5, 5.41) is 3.29. The molecule has 0 bridgehead atoms. The van der Waals surface area contributed by atoms with Gasteiger partial charge < -0.3 is 10.6 Å². The molecule has 0 radical (unpaired) electrons. The van der Waals surface area contributed by atoms with E-state index in [0.29, 0.717) is 23.5 Å². The minimum absolute atomic E-state index is 0.0441. The van der Waals surface area contributed by atoms with Gasteiger partial charge in [0.1, 0.15) is 11.6 Å². The molecule has 0 aliphatic carbocycles. The molecule has 5 nitrogen and oxygen atoms in total. The molecule has 1 fully saturated rings. The quantitative estimate of drug-likeness (QED) is 0.896. The first kappa shape index (κ1) is 15.1. The van der Waals surface area contributed by atoms with E-state index in [4.69, 9.17) is 17.3 Å². The Labute approximate surface area is 118 Å². The molecule has 1 atom stereocenters. The zero-order valence-corrected chi connectivity index (χ0v) is 11.3. The highest BCUT2D eigenvalue weighted by Crippen LogP contribution is 2.25. The number of piperidine rings is 1. The number of nitrogens with zero attached hydrogens (tertiary/aromatic N) is 3. The number of hydrogen-bond donors (Lipinski definition) is 1. The first-order chi connectivity index (χ1) is 9.28. The molecule has 0 amide bonds. The molecule has 1 aromatic heterocycles. The van der Waals surface area contributed by atoms with Crippen LogP contribution < -0.4 is 16.2 Å². The van der Waals surface area contributed by atoms with Crippen molar-refractivity contribution >= 4 is 17.3 Å². The Hall–Kier alpha value is -1.28. The summed E-state index contributed by atoms with van der Waals surface area (Å²) in [6.45, 7) is -0.298. The normalized spacial score (nSPS) is 20.2. The smallest absolute Gasteiger partial charge is 0.367 e. The second-order valence-electron chi connectivity index (χ2n) is 4.77. The third-order valence-corrected chi connectivity index (χ3v) is 3.45. The zero-order valence-electron chi connectivity index (χ0n) is 10.5. The lowest BCUT2D eigenvalue weighted by Crippen LogP contribution is -2.44. The number of alkyl halides is 3. The van der Waals surface area contributed by atoms with Crippen LogP contribution >= 0.6 is 11.6 Å². The molecule has 0 spiro atoms. The number of aromatic nitrogens is 2. The highest BCUT2D eigenvalue weighted by Gasteiger charge is 2.30. The second-order valence-corrected chi connectivity index (χ2v) is 5.15. The lowest BCUT2D eigenvalue weighted by Gasteiger charge is -2.32. The third-order valence-electron chi connectivity index (χ3n) is 3.09. The Morgan fingerprint density at radius 1 is 1.50 bits per heavy atom. The molecule has 2 N–H and O–H groups in total. The highest BCUT2D eigenvalue weighted by atomic mass is 35.5. The summed E-state index contributed by atoms with van der Waals surface area (Å²) in [5.41, 5.74) is 5.22. The average molecular weight is 311 g/mol. The van der Waals surface area contributed by atoms with Crippen LogP contribution in [-0.4, -0.2) is 35.1 Å². The third kappa shape index (κ3) is 3.43. The highest BCUT2D eigenvalue weighted by molar-refractivity contribution is 6.33. The van der Waals surface area contributed by atoms with E-state index in [-0.39, 0.29) is 11.1 Å². The first-order valence-electron chi connectivity index (χ1n) is 6.11. The van der Waals surface area contributed by atoms with Crippen molar-refractivity contribution in [3.8, 4) is 0 Å². The van der Waals surface area contributed by atoms with Crippen LogP contribution in [-0.2, 0) is 6.54 Å². The molecular formula is C11H14ClF3N4O. The molecule has 0 unspecified atom stereocenters. The van der Waals surface area contributed by atoms with Crippen molar-refractivity contribution in [2.75, 3.05) is 18.0 Å². The van der Waals surface area contributed by atoms with Crippen molar-refractivity contribution < 1.29 is 13.2 Å². The summed E-state index contributed by atoms with van der Waals surface area (Å²) in [6.07, 6.45) is -1.63. The first-order valence-corrected chi connectivity index (χ1v) is 6.48. The molecular weight excluding hydrogens is 297 g/mol. The lowest BCUT2D eigenvalue weighted by atomic mass is 10.1. The van der Waals surface area contributed by atoms with Crippen LogP contribution in [0, 0.1) is 0 Å². The van der Waals surface area contributed by atoms with E-state index < -0.39 is 18.3 Å². The van der Waals surface area contributed by atoms with E-state index in [0.717, 1.165) is 12.8 Å². The van der Waals surface area contributed by atoms with Gasteiger partial charge in [0.05, 0.1) is 11.9 Å². The predicted octanol–water partition coefficient (Wildman–Crippen LogP) is 1.39. The lowest BCUT2D eigenvalue weighted by molar-refractivity contribution is -0.143. The molecule has 0 aromatic carbocycles. The van der Waals surface area contributed by atoms with Crippen LogP contribution in [0.2, 0.25) is 5.02 Å². The maximum Gasteiger partial charge on any atom is 0.408 e. The maximum absolute atomic E-state index is 12.3. The van der Waals surface area contributed by atoms with Gasteiger partial charge in [-0.25, -0.2) is 4.68 Å². The fourth-order valence-corrected chi connectivity index (χ4v) is 2.45. The van der Waals surface area contributed by atoms with E-state index >= 15 is 0 Å². The van der Waals surface area contributed by atoms with Gasteiger partial charge in [0.15, 0.2) is 0 Å². The van der Waals surface area contributed by atoms with Crippen molar-refractivity contribution in [2.24, 2.45) is 5.73 Å². The summed E-state index contributed by atoms with van der Waals surface area (Å²) in [7, 11) is 0. The maximum atomic E-state index is 12.3. The Balaban J connectivity index is 2.29. The summed E-state index contributed by atoms with van der Waals surface area (Å²) in [6, 6.07) is -0.0441. The number of nitrogens with two attached hydrogens (primary N) is 1. The van der Waals surface area contributed by atoms with Crippen molar-refractivity contribution in [2.45, 2.75) is 31.6 Å². The van der Waals surface area contributed by atoms with Crippen molar-refractivity contribution in [1.82, 2.24) is 9.78 Å². The van der Waals surface area contributed by atoms with Crippen molar-refractivity contribution in [3.63, 3.8) is 0 Å². The van der Waals surface area contributed by atoms with Gasteiger partial charge in [-0.1, -0.05) is 11.6 Å². The monoisotopic (exact) mass is 310 g/mol. The molecule has 1 aliphatic heterocycles. The van der Waals surface area contributed by atoms with Crippen LogP contribution in [0.1, 0.15) is 12.8 Å². The predicted molar refractivity (Wildman–Crippen MR) is 69.0 cm³/mol. The van der Waals surface area contributed by atoms with Gasteiger partial charge in [0, 0.05) is 19.1 Å². The van der Waals surface area contributed by atoms with Crippen LogP contribution in [0.15, 0.2) is 11.0 Å². The number of hydrogen-bond acceptors (Lipinski definition) is 4. The van der Waals surface area contributed by atoms with E-state index in [9.17, 15) is 18.0 Å². The van der Waals surface area contributed by atoms with E-state index in [2.05, 4.69) is 5.10 Å². The van der Waals surface area contributed by atoms with Gasteiger partial charge in [-0.3, -0.25) is 4.79 Å². The van der Waals surface area contributed by atoms with Gasteiger partial charge >= 0.3 is 6.18 Å². The van der Waals surface area contributed by atoms with E-state index in [1.54, 1.807) is 4.90 Å². The minimum Gasteiger partial charge on any atom is -0.367 e. The molecule has 20 heavy (non-hydrogen) atoms. The fraction of sp³-hybridized carbons (Fsp3) is 0.636. The zero-order chi connectivity index (χ0) is 14.9. The summed E-state index contributed by atoms with van der Waals surface area (Å²) in [4.78, 5) is 13.6. The van der Waals surface area contributed by atoms with Gasteiger partial charge in [0.2, 0.25) is 0 Å². The Morgan fingerprint density at radius 2 is 2.20 bits per heavy atom. The molecule has 2 heterocycles. The second kappa shape index (κ2) is 5.61. The molecule has 1 aliphatic rings. The van der Waals surface area contributed by atoms with Crippen LogP contribution in [0.25, 0.3) is 0 Å². The number of anilines is 1. The Morgan fingerprint density at radius 3 is 2.80 bits per heavy atom. The molecule has 2 rings (SSSR count). The molecule has 0 saturated carbocycles. The topological polar surface area (TPSA) is 64.2 Å². The van der Waals surface area contributed by atoms with Crippen LogP contribution in [0.4, 0.5) is 18.9 Å². The van der Waals surface area contributed by atoms with Gasteiger partial charge in [-0.05, 0) is 12.8 Å². The molecule has 1 saturated heterocycles. The molecule has 1 aromatic rings. The van der Waals surface area contributed by atoms with Crippen molar-refractivity contribution in [3.05, 3.63) is 21.6 Å². The SMILES string of the molecule is N[C@@H]1CCCN(c2cnn(CC(F)(F)F)c(=O)c2Cl)C1. The molecule has 9 heteroatoms. The standard InChI is InChI=1S/C11H14ClF3N4O/c12-9-8(18-3-1-2-7(16)5-18)4-17-19(10(9)20)6-11(13,14)15/h4,7H,1-3,5-6,16H2/t7-/m1/s1. The number of rotatable bonds is 2. The fourth-order valence-electron chi connectivity index (χ4n) is 2.19. The van der Waals surface area contributed by atoms with Crippen molar-refractivity contribution in [1.29, 1.82) is 0 Å². The van der Waals surface area contributed by atoms with Crippen LogP contribution in [0.3, 0.4) is 0 Å². The molecule has 112 valence electrons. The Kier molecular flexibility index (Phi) is 4.24. The Bertz CT molecular complexity index is 545. The minimum atomic E-state index is -4.52.